The van der Waals surface area contributed by atoms with Gasteiger partial charge in [-0.3, -0.25) is 0 Å². The number of hydrogen-bond acceptors (Lipinski definition) is 3. The van der Waals surface area contributed by atoms with Crippen LogP contribution in [0.5, 0.6) is 0 Å². The minimum absolute atomic E-state index is 0.215. The van der Waals surface area contributed by atoms with Crippen LogP contribution < -0.4 is 0 Å². The van der Waals surface area contributed by atoms with Crippen molar-refractivity contribution in [2.75, 3.05) is 0 Å². The van der Waals surface area contributed by atoms with Gasteiger partial charge in [0.25, 0.3) is 0 Å². The molecule has 0 aliphatic carbocycles. The molecule has 0 bridgehead atoms. The molecular formula is C11H11NO3. The van der Waals surface area contributed by atoms with Crippen LogP contribution in [0.15, 0.2) is 29.3 Å². The van der Waals surface area contributed by atoms with Crippen LogP contribution in [0, 0.1) is 6.92 Å². The topological polar surface area (TPSA) is 66.7 Å². The Balaban J connectivity index is 2.83. The van der Waals surface area contributed by atoms with Gasteiger partial charge in [-0.2, -0.15) is 4.99 Å². The second-order valence-electron chi connectivity index (χ2n) is 3.27. The van der Waals surface area contributed by atoms with Crippen LogP contribution in [0.2, 0.25) is 0 Å². The molecule has 1 atom stereocenters. The molecule has 0 saturated heterocycles. The second kappa shape index (κ2) is 5.08. The Labute approximate surface area is 87.3 Å². The monoisotopic (exact) mass is 205 g/mol. The van der Waals surface area contributed by atoms with Gasteiger partial charge in [-0.15, -0.1) is 0 Å². The normalized spacial score (nSPS) is 11.5. The summed E-state index contributed by atoms with van der Waals surface area (Å²) < 4.78 is 0. The van der Waals surface area contributed by atoms with Gasteiger partial charge in [0, 0.05) is 6.42 Å². The SMILES string of the molecule is Cc1cccc(CC(N=C=O)C(=O)O)c1. The highest BCUT2D eigenvalue weighted by Gasteiger charge is 2.16. The van der Waals surface area contributed by atoms with E-state index in [1.807, 2.05) is 31.2 Å². The number of aliphatic carboxylic acids is 1. The van der Waals surface area contributed by atoms with Crippen LogP contribution in [-0.4, -0.2) is 23.2 Å². The molecule has 0 spiro atoms. The van der Waals surface area contributed by atoms with Crippen LogP contribution in [0.4, 0.5) is 0 Å². The van der Waals surface area contributed by atoms with Crippen molar-refractivity contribution < 1.29 is 14.7 Å². The maximum absolute atomic E-state index is 10.7. The van der Waals surface area contributed by atoms with Gasteiger partial charge >= 0.3 is 5.97 Å². The summed E-state index contributed by atoms with van der Waals surface area (Å²) in [6.07, 6.45) is 1.49. The first-order valence-corrected chi connectivity index (χ1v) is 4.49. The maximum atomic E-state index is 10.7. The van der Waals surface area contributed by atoms with Crippen molar-refractivity contribution in [3.8, 4) is 0 Å². The van der Waals surface area contributed by atoms with E-state index >= 15 is 0 Å². The molecule has 0 aliphatic rings. The molecule has 1 aromatic rings. The number of carbonyl (C=O) groups is 1. The lowest BCUT2D eigenvalue weighted by atomic mass is 10.0. The molecule has 1 rings (SSSR count). The minimum Gasteiger partial charge on any atom is -0.480 e. The van der Waals surface area contributed by atoms with Gasteiger partial charge in [0.05, 0.1) is 0 Å². The molecular weight excluding hydrogens is 194 g/mol. The Bertz CT molecular complexity index is 406. The lowest BCUT2D eigenvalue weighted by Crippen LogP contribution is -2.20. The Morgan fingerprint density at radius 3 is 2.87 bits per heavy atom. The number of hydrogen-bond donors (Lipinski definition) is 1. The number of rotatable bonds is 4. The van der Waals surface area contributed by atoms with Gasteiger partial charge in [-0.25, -0.2) is 9.59 Å². The molecule has 1 N–H and O–H groups in total. The van der Waals surface area contributed by atoms with Crippen molar-refractivity contribution in [1.82, 2.24) is 0 Å². The second-order valence-corrected chi connectivity index (χ2v) is 3.27. The van der Waals surface area contributed by atoms with E-state index in [1.165, 1.54) is 6.08 Å². The molecule has 1 aromatic carbocycles. The standard InChI is InChI=1S/C11H11NO3/c1-8-3-2-4-9(5-8)6-10(11(14)15)12-7-13/h2-5,10H,6H2,1H3,(H,14,15). The smallest absolute Gasteiger partial charge is 0.329 e. The van der Waals surface area contributed by atoms with E-state index in [0.29, 0.717) is 0 Å². The number of aryl methyl sites for hydroxylation is 1. The molecule has 0 fully saturated rings. The Kier molecular flexibility index (Phi) is 3.77. The van der Waals surface area contributed by atoms with Gasteiger partial charge in [-0.05, 0) is 12.5 Å². The van der Waals surface area contributed by atoms with Gasteiger partial charge in [0.1, 0.15) is 0 Å². The lowest BCUT2D eigenvalue weighted by molar-refractivity contribution is -0.138. The summed E-state index contributed by atoms with van der Waals surface area (Å²) in [5, 5.41) is 8.76. The van der Waals surface area contributed by atoms with Crippen molar-refractivity contribution in [2.45, 2.75) is 19.4 Å². The summed E-state index contributed by atoms with van der Waals surface area (Å²) in [6.45, 7) is 1.92. The Morgan fingerprint density at radius 2 is 2.33 bits per heavy atom. The number of isocyanates is 1. The molecule has 4 nitrogen and oxygen atoms in total. The largest absolute Gasteiger partial charge is 0.480 e. The van der Waals surface area contributed by atoms with Crippen molar-refractivity contribution in [3.63, 3.8) is 0 Å². The number of benzene rings is 1. The number of carbonyl (C=O) groups excluding carboxylic acids is 1. The highest BCUT2D eigenvalue weighted by molar-refractivity contribution is 5.75. The lowest BCUT2D eigenvalue weighted by Gasteiger charge is -2.05. The first-order valence-electron chi connectivity index (χ1n) is 4.49. The van der Waals surface area contributed by atoms with Gasteiger partial charge in [0.2, 0.25) is 6.08 Å². The maximum Gasteiger partial charge on any atom is 0.329 e. The molecule has 15 heavy (non-hydrogen) atoms. The first-order chi connectivity index (χ1) is 7.13. The predicted octanol–water partition coefficient (Wildman–Crippen LogP) is 1.33. The quantitative estimate of drug-likeness (QED) is 0.595. The van der Waals surface area contributed by atoms with E-state index < -0.39 is 12.0 Å². The van der Waals surface area contributed by atoms with Gasteiger partial charge in [0.15, 0.2) is 6.04 Å². The van der Waals surface area contributed by atoms with E-state index in [9.17, 15) is 9.59 Å². The average Bonchev–Trinajstić information content (AvgIpc) is 2.17. The van der Waals surface area contributed by atoms with Crippen LogP contribution >= 0.6 is 0 Å². The molecule has 0 amide bonds. The number of aliphatic imine (C=N–C) groups is 1. The van der Waals surface area contributed by atoms with Crippen LogP contribution in [0.25, 0.3) is 0 Å². The summed E-state index contributed by atoms with van der Waals surface area (Å²) >= 11 is 0. The minimum atomic E-state index is -1.11. The predicted molar refractivity (Wildman–Crippen MR) is 54.4 cm³/mol. The molecule has 1 unspecified atom stereocenters. The number of carboxylic acids is 1. The zero-order valence-electron chi connectivity index (χ0n) is 8.30. The summed E-state index contributed by atoms with van der Waals surface area (Å²) in [4.78, 5) is 24.0. The average molecular weight is 205 g/mol. The zero-order valence-corrected chi connectivity index (χ0v) is 8.30. The molecule has 78 valence electrons. The van der Waals surface area contributed by atoms with Crippen molar-refractivity contribution in [1.29, 1.82) is 0 Å². The third-order valence-electron chi connectivity index (χ3n) is 2.01. The Hall–Kier alpha value is -1.93. The fourth-order valence-electron chi connectivity index (χ4n) is 1.31. The van der Waals surface area contributed by atoms with Crippen LogP contribution in [0.1, 0.15) is 11.1 Å². The summed E-state index contributed by atoms with van der Waals surface area (Å²) in [5.74, 6) is -1.11. The van der Waals surface area contributed by atoms with E-state index in [0.717, 1.165) is 11.1 Å². The Morgan fingerprint density at radius 1 is 1.60 bits per heavy atom. The number of carboxylic acid groups (broad SMARTS) is 1. The van der Waals surface area contributed by atoms with Crippen LogP contribution in [0.3, 0.4) is 0 Å². The van der Waals surface area contributed by atoms with E-state index in [-0.39, 0.29) is 6.42 Å². The molecule has 0 saturated carbocycles. The fourth-order valence-corrected chi connectivity index (χ4v) is 1.31. The fraction of sp³-hybridized carbons (Fsp3) is 0.273. The zero-order chi connectivity index (χ0) is 11.3. The van der Waals surface area contributed by atoms with Gasteiger partial charge in [-0.1, -0.05) is 29.8 Å². The third-order valence-corrected chi connectivity index (χ3v) is 2.01. The molecule has 0 radical (unpaired) electrons. The molecule has 0 aromatic heterocycles. The highest BCUT2D eigenvalue weighted by Crippen LogP contribution is 2.08. The van der Waals surface area contributed by atoms with E-state index in [4.69, 9.17) is 5.11 Å². The van der Waals surface area contributed by atoms with Crippen molar-refractivity contribution in [2.24, 2.45) is 4.99 Å². The number of nitrogens with zero attached hydrogens (tertiary/aromatic N) is 1. The molecule has 4 heteroatoms. The van der Waals surface area contributed by atoms with Crippen molar-refractivity contribution in [3.05, 3.63) is 35.4 Å². The third kappa shape index (κ3) is 3.37. The summed E-state index contributed by atoms with van der Waals surface area (Å²) in [5.41, 5.74) is 1.90. The highest BCUT2D eigenvalue weighted by atomic mass is 16.4. The van der Waals surface area contributed by atoms with Gasteiger partial charge < -0.3 is 5.11 Å². The molecule has 0 heterocycles. The van der Waals surface area contributed by atoms with E-state index in [1.54, 1.807) is 0 Å². The van der Waals surface area contributed by atoms with E-state index in [2.05, 4.69) is 4.99 Å². The summed E-state index contributed by atoms with van der Waals surface area (Å²) in [6, 6.07) is 6.40. The molecule has 0 aliphatic heterocycles. The van der Waals surface area contributed by atoms with Crippen molar-refractivity contribution >= 4 is 12.0 Å². The first kappa shape index (κ1) is 11.1. The van der Waals surface area contributed by atoms with Crippen LogP contribution in [-0.2, 0) is 16.0 Å². The summed E-state index contributed by atoms with van der Waals surface area (Å²) in [7, 11) is 0.